The molecule has 2 aliphatic heterocycles. The summed E-state index contributed by atoms with van der Waals surface area (Å²) >= 11 is 0. The Kier molecular flexibility index (Phi) is 5.73. The predicted octanol–water partition coefficient (Wildman–Crippen LogP) is 1.65. The lowest BCUT2D eigenvalue weighted by molar-refractivity contribution is -0.138. The Balaban J connectivity index is 1.54. The molecule has 1 unspecified atom stereocenters. The zero-order valence-corrected chi connectivity index (χ0v) is 15.1. The Morgan fingerprint density at radius 3 is 2.63 bits per heavy atom. The second-order valence-electron chi connectivity index (χ2n) is 7.29. The molecule has 0 bridgehead atoms. The molecule has 1 saturated heterocycles. The van der Waals surface area contributed by atoms with Crippen molar-refractivity contribution in [3.8, 4) is 0 Å². The zero-order valence-electron chi connectivity index (χ0n) is 15.1. The van der Waals surface area contributed by atoms with Gasteiger partial charge in [-0.3, -0.25) is 14.5 Å². The van der Waals surface area contributed by atoms with Crippen LogP contribution in [-0.4, -0.2) is 75.1 Å². The third-order valence-corrected chi connectivity index (χ3v) is 5.42. The van der Waals surface area contributed by atoms with Gasteiger partial charge in [0.1, 0.15) is 6.04 Å². The molecule has 7 nitrogen and oxygen atoms in total. The molecule has 2 atom stereocenters. The average molecular weight is 387 g/mol. The van der Waals surface area contributed by atoms with Crippen LogP contribution in [0.4, 0.5) is 13.2 Å². The molecule has 3 rings (SSSR count). The van der Waals surface area contributed by atoms with Crippen LogP contribution in [0.25, 0.3) is 0 Å². The molecule has 0 aliphatic carbocycles. The van der Waals surface area contributed by atoms with Crippen molar-refractivity contribution in [2.24, 2.45) is 5.10 Å². The van der Waals surface area contributed by atoms with Crippen LogP contribution in [0.3, 0.4) is 0 Å². The molecule has 3 heterocycles. The van der Waals surface area contributed by atoms with E-state index in [-0.39, 0.29) is 6.04 Å². The molecule has 0 spiro atoms. The quantitative estimate of drug-likeness (QED) is 0.806. The van der Waals surface area contributed by atoms with Crippen LogP contribution in [0, 0.1) is 5.95 Å². The minimum absolute atomic E-state index is 0.134. The lowest BCUT2D eigenvalue weighted by Gasteiger charge is -2.40. The summed E-state index contributed by atoms with van der Waals surface area (Å²) in [6.07, 6.45) is 1.72. The van der Waals surface area contributed by atoms with Crippen molar-refractivity contribution < 1.29 is 23.1 Å². The Hall–Kier alpha value is -2.10. The first-order valence-electron chi connectivity index (χ1n) is 9.02. The summed E-state index contributed by atoms with van der Waals surface area (Å²) < 4.78 is 40.4. The topological polar surface area (TPSA) is 74.0 Å². The summed E-state index contributed by atoms with van der Waals surface area (Å²) in [5.41, 5.74) is -0.892. The summed E-state index contributed by atoms with van der Waals surface area (Å²) in [6.45, 7) is 0.603. The van der Waals surface area contributed by atoms with Gasteiger partial charge in [0.2, 0.25) is 11.9 Å². The van der Waals surface area contributed by atoms with Gasteiger partial charge in [0, 0.05) is 45.0 Å². The van der Waals surface area contributed by atoms with Gasteiger partial charge in [0.25, 0.3) is 6.43 Å². The second kappa shape index (κ2) is 7.87. The molecule has 1 fully saturated rings. The molecule has 0 aromatic carbocycles. The minimum Gasteiger partial charge on any atom is -0.390 e. The number of carbonyl (C=O) groups is 1. The Morgan fingerprint density at radius 2 is 2.11 bits per heavy atom. The van der Waals surface area contributed by atoms with Crippen molar-refractivity contribution in [2.75, 3.05) is 20.1 Å². The summed E-state index contributed by atoms with van der Waals surface area (Å²) in [5.74, 6) is -1.31. The molecular weight excluding hydrogens is 363 g/mol. The normalized spacial score (nSPS) is 23.3. The highest BCUT2D eigenvalue weighted by atomic mass is 19.3. The Morgan fingerprint density at radius 1 is 1.41 bits per heavy atom. The fraction of sp³-hybridized carbons (Fsp3) is 0.706. The molecule has 0 radical (unpaired) electrons. The van der Waals surface area contributed by atoms with E-state index in [2.05, 4.69) is 10.2 Å². The number of hydrogen-bond acceptors (Lipinski definition) is 5. The number of hydrazone groups is 1. The molecule has 1 amide bonds. The van der Waals surface area contributed by atoms with Crippen molar-refractivity contribution >= 4 is 12.1 Å². The molecule has 1 N–H and O–H groups in total. The molecule has 1 aromatic heterocycles. The predicted molar refractivity (Wildman–Crippen MR) is 91.9 cm³/mol. The van der Waals surface area contributed by atoms with Crippen LogP contribution in [0.15, 0.2) is 17.4 Å². The van der Waals surface area contributed by atoms with E-state index in [0.717, 1.165) is 23.4 Å². The van der Waals surface area contributed by atoms with Crippen LogP contribution in [0.1, 0.15) is 38.1 Å². The highest BCUT2D eigenvalue weighted by molar-refractivity contribution is 5.76. The number of halogens is 3. The van der Waals surface area contributed by atoms with Crippen LogP contribution < -0.4 is 0 Å². The molecule has 2 aliphatic rings. The smallest absolute Gasteiger partial charge is 0.261 e. The van der Waals surface area contributed by atoms with Gasteiger partial charge >= 0.3 is 0 Å². The van der Waals surface area contributed by atoms with E-state index in [9.17, 15) is 23.1 Å². The van der Waals surface area contributed by atoms with Crippen molar-refractivity contribution in [3.05, 3.63) is 18.2 Å². The van der Waals surface area contributed by atoms with E-state index in [1.54, 1.807) is 0 Å². The number of nitrogens with zero attached hydrogens (tertiary/aromatic N) is 5. The third kappa shape index (κ3) is 4.60. The van der Waals surface area contributed by atoms with E-state index in [1.807, 2.05) is 18.3 Å². The molecule has 10 heteroatoms. The number of aliphatic hydroxyl groups is 1. The monoisotopic (exact) mass is 387 g/mol. The first kappa shape index (κ1) is 19.7. The highest BCUT2D eigenvalue weighted by Crippen LogP contribution is 2.31. The van der Waals surface area contributed by atoms with Gasteiger partial charge < -0.3 is 10.0 Å². The maximum atomic E-state index is 13.3. The SMILES string of the molecule is CN1N=CCC1CC1(O)CCN(C(=O)C[C@H](C(F)F)n2ccc(F)n2)CC1. The Bertz CT molecular complexity index is 688. The second-order valence-corrected chi connectivity index (χ2v) is 7.29. The van der Waals surface area contributed by atoms with Crippen molar-refractivity contribution in [3.63, 3.8) is 0 Å². The lowest BCUT2D eigenvalue weighted by atomic mass is 9.84. The number of hydrogen-bond donors (Lipinski definition) is 1. The largest absolute Gasteiger partial charge is 0.390 e. The van der Waals surface area contributed by atoms with Gasteiger partial charge in [-0.2, -0.15) is 9.49 Å². The van der Waals surface area contributed by atoms with Gasteiger partial charge in [0.05, 0.1) is 18.1 Å². The highest BCUT2D eigenvalue weighted by Gasteiger charge is 2.38. The number of carbonyl (C=O) groups excluding carboxylic acids is 1. The van der Waals surface area contributed by atoms with Crippen molar-refractivity contribution in [1.29, 1.82) is 0 Å². The van der Waals surface area contributed by atoms with Crippen LogP contribution in [0.5, 0.6) is 0 Å². The number of aromatic nitrogens is 2. The first-order valence-corrected chi connectivity index (χ1v) is 9.02. The zero-order chi connectivity index (χ0) is 19.6. The number of amides is 1. The number of rotatable bonds is 6. The molecule has 27 heavy (non-hydrogen) atoms. The van der Waals surface area contributed by atoms with E-state index < -0.39 is 36.3 Å². The molecule has 1 aromatic rings. The van der Waals surface area contributed by atoms with E-state index in [1.165, 1.54) is 4.90 Å². The van der Waals surface area contributed by atoms with E-state index in [0.29, 0.717) is 32.4 Å². The van der Waals surface area contributed by atoms with Gasteiger partial charge in [-0.05, 0) is 19.3 Å². The van der Waals surface area contributed by atoms with E-state index >= 15 is 0 Å². The number of piperidine rings is 1. The van der Waals surface area contributed by atoms with Crippen molar-refractivity contribution in [1.82, 2.24) is 19.7 Å². The van der Waals surface area contributed by atoms with E-state index in [4.69, 9.17) is 0 Å². The van der Waals surface area contributed by atoms with Gasteiger partial charge in [-0.25, -0.2) is 8.78 Å². The average Bonchev–Trinajstić information content (AvgIpc) is 3.21. The summed E-state index contributed by atoms with van der Waals surface area (Å²) in [4.78, 5) is 13.9. The Labute approximate surface area is 155 Å². The third-order valence-electron chi connectivity index (χ3n) is 5.42. The number of likely N-dealkylation sites (tertiary alicyclic amines) is 1. The van der Waals surface area contributed by atoms with Crippen LogP contribution >= 0.6 is 0 Å². The standard InChI is InChI=1S/C17H24F3N5O2/c1-23-12(2-6-21-23)11-17(27)4-8-24(9-5-17)15(26)10-13(16(19)20)25-7-3-14(18)22-25/h3,6-7,12-13,16,27H,2,4-5,8-11H2,1H3/t12?,13-/m1/s1. The fourth-order valence-electron chi connectivity index (χ4n) is 3.68. The first-order chi connectivity index (χ1) is 12.8. The van der Waals surface area contributed by atoms with Crippen molar-refractivity contribution in [2.45, 2.75) is 56.2 Å². The maximum Gasteiger partial charge on any atom is 0.261 e. The fourth-order valence-corrected chi connectivity index (χ4v) is 3.68. The molecule has 150 valence electrons. The van der Waals surface area contributed by atoms with Crippen LogP contribution in [0.2, 0.25) is 0 Å². The van der Waals surface area contributed by atoms with Crippen LogP contribution in [-0.2, 0) is 4.79 Å². The summed E-state index contributed by atoms with van der Waals surface area (Å²) in [5, 5.41) is 20.2. The van der Waals surface area contributed by atoms with Gasteiger partial charge in [0.15, 0.2) is 0 Å². The maximum absolute atomic E-state index is 13.3. The van der Waals surface area contributed by atoms with Gasteiger partial charge in [-0.15, -0.1) is 5.10 Å². The molecule has 0 saturated carbocycles. The van der Waals surface area contributed by atoms with Gasteiger partial charge in [-0.1, -0.05) is 0 Å². The summed E-state index contributed by atoms with van der Waals surface area (Å²) in [6, 6.07) is -0.396. The molecular formula is C17H24F3N5O2. The number of alkyl halides is 2. The summed E-state index contributed by atoms with van der Waals surface area (Å²) in [7, 11) is 1.86. The lowest BCUT2D eigenvalue weighted by Crippen LogP contribution is -2.49. The minimum atomic E-state index is -2.84.